The fourth-order valence-electron chi connectivity index (χ4n) is 1.62. The molecule has 2 nitrogen and oxygen atoms in total. The van der Waals surface area contributed by atoms with Crippen molar-refractivity contribution in [3.8, 4) is 0 Å². The van der Waals surface area contributed by atoms with Crippen molar-refractivity contribution in [2.24, 2.45) is 0 Å². The molecule has 0 fully saturated rings. The van der Waals surface area contributed by atoms with Crippen LogP contribution in [-0.2, 0) is 4.74 Å². The molecule has 0 saturated heterocycles. The van der Waals surface area contributed by atoms with Crippen molar-refractivity contribution in [3.63, 3.8) is 0 Å². The Morgan fingerprint density at radius 3 is 2.53 bits per heavy atom. The molecule has 0 amide bonds. The van der Waals surface area contributed by atoms with Gasteiger partial charge in [0.1, 0.15) is 0 Å². The molecular weight excluding hydrogens is 212 g/mol. The number of hydrogen-bond donors (Lipinski definition) is 1. The van der Waals surface area contributed by atoms with Crippen molar-refractivity contribution in [3.05, 3.63) is 47.7 Å². The van der Waals surface area contributed by atoms with E-state index in [1.807, 2.05) is 6.92 Å². The summed E-state index contributed by atoms with van der Waals surface area (Å²) in [6.45, 7) is 10.3. The summed E-state index contributed by atoms with van der Waals surface area (Å²) >= 11 is 0. The first-order valence-corrected chi connectivity index (χ1v) is 6.09. The van der Waals surface area contributed by atoms with Gasteiger partial charge in [-0.05, 0) is 24.0 Å². The van der Waals surface area contributed by atoms with Gasteiger partial charge in [0.15, 0.2) is 0 Å². The minimum Gasteiger partial charge on any atom is -0.513 e. The van der Waals surface area contributed by atoms with Gasteiger partial charge >= 0.3 is 0 Å². The predicted octanol–water partition coefficient (Wildman–Crippen LogP) is 4.35. The van der Waals surface area contributed by atoms with E-state index in [9.17, 15) is 0 Å². The van der Waals surface area contributed by atoms with Gasteiger partial charge in [-0.2, -0.15) is 0 Å². The van der Waals surface area contributed by atoms with Crippen molar-refractivity contribution in [2.75, 3.05) is 6.61 Å². The first kappa shape index (κ1) is 13.8. The zero-order chi connectivity index (χ0) is 12.8. The molecular formula is C15H22O2. The second-order valence-electron chi connectivity index (χ2n) is 4.65. The number of aliphatic hydroxyl groups excluding tert-OH is 1. The van der Waals surface area contributed by atoms with Gasteiger partial charge < -0.3 is 9.84 Å². The lowest BCUT2D eigenvalue weighted by atomic mass is 9.99. The minimum absolute atomic E-state index is 0.0491. The van der Waals surface area contributed by atoms with Crippen LogP contribution in [0.2, 0.25) is 0 Å². The van der Waals surface area contributed by atoms with Crippen LogP contribution in [0.5, 0.6) is 0 Å². The zero-order valence-electron chi connectivity index (χ0n) is 10.9. The summed E-state index contributed by atoms with van der Waals surface area (Å²) in [6, 6.07) is 8.46. The molecule has 1 rings (SSSR count). The van der Waals surface area contributed by atoms with E-state index in [2.05, 4.69) is 44.7 Å². The van der Waals surface area contributed by atoms with Crippen LogP contribution in [0.15, 0.2) is 36.6 Å². The number of rotatable bonds is 6. The van der Waals surface area contributed by atoms with Gasteiger partial charge in [0.25, 0.3) is 0 Å². The third-order valence-electron chi connectivity index (χ3n) is 2.81. The van der Waals surface area contributed by atoms with Gasteiger partial charge in [0, 0.05) is 6.42 Å². The Bertz CT molecular complexity index is 369. The number of aliphatic hydroxyl groups is 1. The summed E-state index contributed by atoms with van der Waals surface area (Å²) in [5, 5.41) is 8.98. The molecule has 0 aliphatic heterocycles. The SMILES string of the molecule is C=C(O)CCOC(C)c1cccc(C(C)C)c1. The summed E-state index contributed by atoms with van der Waals surface area (Å²) < 4.78 is 5.65. The van der Waals surface area contributed by atoms with E-state index in [0.717, 1.165) is 0 Å². The summed E-state index contributed by atoms with van der Waals surface area (Å²) in [7, 11) is 0. The highest BCUT2D eigenvalue weighted by Gasteiger charge is 2.07. The minimum atomic E-state index is 0.0491. The molecule has 1 atom stereocenters. The molecule has 0 aliphatic carbocycles. The van der Waals surface area contributed by atoms with Gasteiger partial charge in [-0.1, -0.05) is 44.7 Å². The van der Waals surface area contributed by atoms with Crippen LogP contribution >= 0.6 is 0 Å². The predicted molar refractivity (Wildman–Crippen MR) is 71.3 cm³/mol. The summed E-state index contributed by atoms with van der Waals surface area (Å²) in [5.41, 5.74) is 2.50. The number of benzene rings is 1. The zero-order valence-corrected chi connectivity index (χ0v) is 10.9. The van der Waals surface area contributed by atoms with Crippen LogP contribution in [0.4, 0.5) is 0 Å². The van der Waals surface area contributed by atoms with E-state index in [1.54, 1.807) is 0 Å². The maximum absolute atomic E-state index is 8.98. The first-order chi connectivity index (χ1) is 8.00. The summed E-state index contributed by atoms with van der Waals surface area (Å²) in [4.78, 5) is 0. The van der Waals surface area contributed by atoms with Crippen molar-refractivity contribution in [1.82, 2.24) is 0 Å². The molecule has 0 radical (unpaired) electrons. The van der Waals surface area contributed by atoms with Crippen LogP contribution in [-0.4, -0.2) is 11.7 Å². The number of ether oxygens (including phenoxy) is 1. The van der Waals surface area contributed by atoms with E-state index in [1.165, 1.54) is 11.1 Å². The molecule has 0 bridgehead atoms. The second-order valence-corrected chi connectivity index (χ2v) is 4.65. The van der Waals surface area contributed by atoms with Gasteiger partial charge in [-0.3, -0.25) is 0 Å². The fraction of sp³-hybridized carbons (Fsp3) is 0.467. The average molecular weight is 234 g/mol. The molecule has 1 unspecified atom stereocenters. The highest BCUT2D eigenvalue weighted by Crippen LogP contribution is 2.22. The smallest absolute Gasteiger partial charge is 0.0874 e. The van der Waals surface area contributed by atoms with Crippen molar-refractivity contribution in [1.29, 1.82) is 0 Å². The van der Waals surface area contributed by atoms with E-state index >= 15 is 0 Å². The number of hydrogen-bond acceptors (Lipinski definition) is 2. The van der Waals surface area contributed by atoms with Crippen molar-refractivity contribution < 1.29 is 9.84 Å². The highest BCUT2D eigenvalue weighted by atomic mass is 16.5. The highest BCUT2D eigenvalue weighted by molar-refractivity contribution is 5.27. The Kier molecular flexibility index (Phi) is 5.23. The van der Waals surface area contributed by atoms with Gasteiger partial charge in [-0.15, -0.1) is 0 Å². The summed E-state index contributed by atoms with van der Waals surface area (Å²) in [6.07, 6.45) is 0.543. The normalized spacial score (nSPS) is 12.7. The van der Waals surface area contributed by atoms with Crippen LogP contribution < -0.4 is 0 Å². The molecule has 0 aromatic heterocycles. The Morgan fingerprint density at radius 2 is 1.94 bits per heavy atom. The molecule has 0 aliphatic rings. The van der Waals surface area contributed by atoms with Crippen molar-refractivity contribution >= 4 is 0 Å². The van der Waals surface area contributed by atoms with E-state index < -0.39 is 0 Å². The lowest BCUT2D eigenvalue weighted by molar-refractivity contribution is 0.0634. The Morgan fingerprint density at radius 1 is 1.29 bits per heavy atom. The fourth-order valence-corrected chi connectivity index (χ4v) is 1.62. The van der Waals surface area contributed by atoms with Crippen LogP contribution in [0, 0.1) is 0 Å². The third-order valence-corrected chi connectivity index (χ3v) is 2.81. The topological polar surface area (TPSA) is 29.5 Å². The molecule has 1 aromatic carbocycles. The Labute approximate surface area is 104 Å². The van der Waals surface area contributed by atoms with Gasteiger partial charge in [0.2, 0.25) is 0 Å². The largest absolute Gasteiger partial charge is 0.513 e. The van der Waals surface area contributed by atoms with Crippen LogP contribution in [0.25, 0.3) is 0 Å². The quantitative estimate of drug-likeness (QED) is 0.741. The van der Waals surface area contributed by atoms with Gasteiger partial charge in [-0.25, -0.2) is 0 Å². The Balaban J connectivity index is 2.59. The van der Waals surface area contributed by atoms with E-state index in [0.29, 0.717) is 18.9 Å². The molecule has 1 aromatic rings. The molecule has 17 heavy (non-hydrogen) atoms. The van der Waals surface area contributed by atoms with E-state index in [-0.39, 0.29) is 11.9 Å². The first-order valence-electron chi connectivity index (χ1n) is 6.09. The monoisotopic (exact) mass is 234 g/mol. The lowest BCUT2D eigenvalue weighted by Gasteiger charge is -2.15. The third kappa shape index (κ3) is 4.61. The molecule has 0 heterocycles. The summed E-state index contributed by atoms with van der Waals surface area (Å²) in [5.74, 6) is 0.701. The maximum Gasteiger partial charge on any atom is 0.0874 e. The van der Waals surface area contributed by atoms with Crippen molar-refractivity contribution in [2.45, 2.75) is 39.2 Å². The molecule has 0 saturated carbocycles. The maximum atomic E-state index is 8.98. The van der Waals surface area contributed by atoms with Crippen LogP contribution in [0.3, 0.4) is 0 Å². The average Bonchev–Trinajstić information content (AvgIpc) is 2.28. The molecule has 1 N–H and O–H groups in total. The lowest BCUT2D eigenvalue weighted by Crippen LogP contribution is -2.03. The molecule has 94 valence electrons. The molecule has 0 spiro atoms. The standard InChI is InChI=1S/C15H22O2/c1-11(2)14-6-5-7-15(10-14)13(4)17-9-8-12(3)16/h5-7,10-11,13,16H,3,8-9H2,1-2,4H3. The van der Waals surface area contributed by atoms with Crippen LogP contribution in [0.1, 0.15) is 50.3 Å². The second kappa shape index (κ2) is 6.45. The van der Waals surface area contributed by atoms with Gasteiger partial charge in [0.05, 0.1) is 18.5 Å². The van der Waals surface area contributed by atoms with E-state index in [4.69, 9.17) is 9.84 Å². The molecule has 2 heteroatoms. The Hall–Kier alpha value is -1.28.